The number of hydrogen-bond acceptors (Lipinski definition) is 0. The second-order valence-electron chi connectivity index (χ2n) is 13.6. The molecular formula is C48H32ClN. The predicted octanol–water partition coefficient (Wildman–Crippen LogP) is 13.3. The first-order chi connectivity index (χ1) is 24.6. The van der Waals surface area contributed by atoms with Crippen molar-refractivity contribution in [1.29, 1.82) is 0 Å². The first-order valence-electron chi connectivity index (χ1n) is 17.2. The Morgan fingerprint density at radius 2 is 1.06 bits per heavy atom. The normalized spacial score (nSPS) is 15.1. The molecule has 1 unspecified atom stereocenters. The van der Waals surface area contributed by atoms with E-state index < -0.39 is 0 Å². The van der Waals surface area contributed by atoms with E-state index in [2.05, 4.69) is 175 Å². The van der Waals surface area contributed by atoms with Crippen LogP contribution < -0.4 is 0 Å². The van der Waals surface area contributed by atoms with E-state index in [-0.39, 0.29) is 5.41 Å². The number of nitrogens with zero attached hydrogens (tertiary/aromatic N) is 1. The van der Waals surface area contributed by atoms with Gasteiger partial charge >= 0.3 is 0 Å². The lowest BCUT2D eigenvalue weighted by molar-refractivity contribution is 0.715. The molecule has 1 aliphatic carbocycles. The average molecular weight is 658 g/mol. The SMILES string of the molecule is CC1(c2ccc3ccccc3c2)c2ccc(-c3cccc(Cl)c3)cc2-c2cc(-c3ccc4c5ccccc5n(-c5ccccc5)c4c3)ccc21. The Bertz CT molecular complexity index is 2790. The molecule has 1 heterocycles. The molecule has 1 atom stereocenters. The smallest absolute Gasteiger partial charge is 0.0547 e. The van der Waals surface area contributed by atoms with Gasteiger partial charge in [0.2, 0.25) is 0 Å². The average Bonchev–Trinajstić information content (AvgIpc) is 3.64. The van der Waals surface area contributed by atoms with Crippen LogP contribution >= 0.6 is 11.6 Å². The van der Waals surface area contributed by atoms with E-state index in [0.717, 1.165) is 10.6 Å². The van der Waals surface area contributed by atoms with Crippen molar-refractivity contribution in [3.63, 3.8) is 0 Å². The minimum absolute atomic E-state index is 0.316. The standard InChI is InChI=1S/C48H32ClN/c1-48(37-22-18-31-10-5-6-11-32(31)26-37)44-24-20-34(33-12-9-13-38(49)27-33)28-42(44)43-29-35(21-25-45(43)48)36-19-23-41-40-16-7-8-17-46(40)50(47(41)30-36)39-14-3-2-4-15-39/h2-30H,1H3. The fraction of sp³-hybridized carbons (Fsp3) is 0.0417. The Labute approximate surface area is 296 Å². The molecule has 1 aromatic heterocycles. The molecule has 0 aliphatic heterocycles. The fourth-order valence-electron chi connectivity index (χ4n) is 8.40. The summed E-state index contributed by atoms with van der Waals surface area (Å²) in [6.45, 7) is 2.39. The number of rotatable bonds is 4. The number of benzene rings is 8. The summed E-state index contributed by atoms with van der Waals surface area (Å²) >= 11 is 6.47. The first-order valence-corrected chi connectivity index (χ1v) is 17.6. The Hall–Kier alpha value is -5.89. The van der Waals surface area contributed by atoms with Crippen LogP contribution in [0.1, 0.15) is 23.6 Å². The van der Waals surface area contributed by atoms with Gasteiger partial charge in [0.1, 0.15) is 0 Å². The summed E-state index contributed by atoms with van der Waals surface area (Å²) in [6.07, 6.45) is 0. The van der Waals surface area contributed by atoms with E-state index in [1.54, 1.807) is 0 Å². The molecule has 236 valence electrons. The molecular weight excluding hydrogens is 626 g/mol. The number of fused-ring (bicyclic) bond motifs is 7. The second kappa shape index (κ2) is 11.1. The van der Waals surface area contributed by atoms with Gasteiger partial charge in [0.15, 0.2) is 0 Å². The minimum Gasteiger partial charge on any atom is -0.309 e. The lowest BCUT2D eigenvalue weighted by Gasteiger charge is -2.29. The van der Waals surface area contributed by atoms with Crippen molar-refractivity contribution in [2.75, 3.05) is 0 Å². The van der Waals surface area contributed by atoms with Crippen molar-refractivity contribution in [3.8, 4) is 39.1 Å². The van der Waals surface area contributed by atoms with E-state index in [1.807, 2.05) is 12.1 Å². The maximum absolute atomic E-state index is 6.47. The van der Waals surface area contributed by atoms with Gasteiger partial charge in [0.05, 0.1) is 11.0 Å². The van der Waals surface area contributed by atoms with Gasteiger partial charge in [-0.2, -0.15) is 0 Å². The Morgan fingerprint density at radius 1 is 0.440 bits per heavy atom. The van der Waals surface area contributed by atoms with Gasteiger partial charge in [0.25, 0.3) is 0 Å². The maximum Gasteiger partial charge on any atom is 0.0547 e. The summed E-state index contributed by atoms with van der Waals surface area (Å²) in [5.41, 5.74) is 14.5. The zero-order chi connectivity index (χ0) is 33.4. The molecule has 0 fully saturated rings. The van der Waals surface area contributed by atoms with Crippen LogP contribution in [-0.4, -0.2) is 4.57 Å². The van der Waals surface area contributed by atoms with Crippen molar-refractivity contribution >= 4 is 44.2 Å². The van der Waals surface area contributed by atoms with E-state index in [1.165, 1.54) is 82.8 Å². The van der Waals surface area contributed by atoms with Crippen LogP contribution in [0.3, 0.4) is 0 Å². The minimum atomic E-state index is -0.316. The van der Waals surface area contributed by atoms with Crippen molar-refractivity contribution in [1.82, 2.24) is 4.57 Å². The third kappa shape index (κ3) is 4.34. The molecule has 8 aromatic carbocycles. The molecule has 10 rings (SSSR count). The Morgan fingerprint density at radius 3 is 1.82 bits per heavy atom. The molecule has 1 aliphatic rings. The van der Waals surface area contributed by atoms with Gasteiger partial charge in [-0.1, -0.05) is 133 Å². The quantitative estimate of drug-likeness (QED) is 0.177. The zero-order valence-corrected chi connectivity index (χ0v) is 28.3. The highest BCUT2D eigenvalue weighted by molar-refractivity contribution is 6.30. The van der Waals surface area contributed by atoms with E-state index in [4.69, 9.17) is 11.6 Å². The van der Waals surface area contributed by atoms with E-state index >= 15 is 0 Å². The van der Waals surface area contributed by atoms with Crippen LogP contribution in [0.2, 0.25) is 5.02 Å². The van der Waals surface area contributed by atoms with Gasteiger partial charge < -0.3 is 4.57 Å². The number of halogens is 1. The zero-order valence-electron chi connectivity index (χ0n) is 27.6. The topological polar surface area (TPSA) is 4.93 Å². The van der Waals surface area contributed by atoms with Gasteiger partial charge in [-0.05, 0) is 122 Å². The molecule has 2 heteroatoms. The van der Waals surface area contributed by atoms with Crippen LogP contribution in [-0.2, 0) is 5.41 Å². The summed E-state index contributed by atoms with van der Waals surface area (Å²) in [5.74, 6) is 0. The lowest BCUT2D eigenvalue weighted by atomic mass is 9.73. The van der Waals surface area contributed by atoms with Crippen LogP contribution in [0.25, 0.3) is 71.6 Å². The monoisotopic (exact) mass is 657 g/mol. The summed E-state index contributed by atoms with van der Waals surface area (Å²) < 4.78 is 2.39. The Kier molecular flexibility index (Phi) is 6.43. The van der Waals surface area contributed by atoms with Crippen molar-refractivity contribution in [3.05, 3.63) is 198 Å². The van der Waals surface area contributed by atoms with Gasteiger partial charge in [-0.15, -0.1) is 0 Å². The summed E-state index contributed by atoms with van der Waals surface area (Å²) in [4.78, 5) is 0. The largest absolute Gasteiger partial charge is 0.309 e. The molecule has 9 aromatic rings. The van der Waals surface area contributed by atoms with Crippen LogP contribution in [0.5, 0.6) is 0 Å². The van der Waals surface area contributed by atoms with E-state index in [9.17, 15) is 0 Å². The highest BCUT2D eigenvalue weighted by Gasteiger charge is 2.41. The van der Waals surface area contributed by atoms with Gasteiger partial charge in [-0.3, -0.25) is 0 Å². The number of para-hydroxylation sites is 2. The number of hydrogen-bond donors (Lipinski definition) is 0. The molecule has 1 nitrogen and oxygen atoms in total. The van der Waals surface area contributed by atoms with Crippen LogP contribution in [0, 0.1) is 0 Å². The molecule has 0 radical (unpaired) electrons. The maximum atomic E-state index is 6.47. The summed E-state index contributed by atoms with van der Waals surface area (Å²) in [7, 11) is 0. The first kappa shape index (κ1) is 29.1. The second-order valence-corrected chi connectivity index (χ2v) is 14.1. The molecule has 0 spiro atoms. The molecule has 0 saturated heterocycles. The summed E-state index contributed by atoms with van der Waals surface area (Å²) in [6, 6.07) is 64.2. The fourth-order valence-corrected chi connectivity index (χ4v) is 8.59. The summed E-state index contributed by atoms with van der Waals surface area (Å²) in [5, 5.41) is 5.79. The lowest BCUT2D eigenvalue weighted by Crippen LogP contribution is -2.22. The van der Waals surface area contributed by atoms with Crippen molar-refractivity contribution in [2.45, 2.75) is 12.3 Å². The highest BCUT2D eigenvalue weighted by atomic mass is 35.5. The van der Waals surface area contributed by atoms with Gasteiger partial charge in [0, 0.05) is 26.9 Å². The predicted molar refractivity (Wildman–Crippen MR) is 212 cm³/mol. The molecule has 0 amide bonds. The van der Waals surface area contributed by atoms with Crippen LogP contribution in [0.15, 0.2) is 176 Å². The molecule has 50 heavy (non-hydrogen) atoms. The van der Waals surface area contributed by atoms with Crippen LogP contribution in [0.4, 0.5) is 0 Å². The highest BCUT2D eigenvalue weighted by Crippen LogP contribution is 2.54. The third-order valence-corrected chi connectivity index (χ3v) is 11.1. The number of aromatic nitrogens is 1. The molecule has 0 bridgehead atoms. The molecule has 0 N–H and O–H groups in total. The van der Waals surface area contributed by atoms with Crippen molar-refractivity contribution < 1.29 is 0 Å². The Balaban J connectivity index is 1.19. The van der Waals surface area contributed by atoms with Crippen molar-refractivity contribution in [2.24, 2.45) is 0 Å². The van der Waals surface area contributed by atoms with E-state index in [0.29, 0.717) is 0 Å². The molecule has 0 saturated carbocycles. The van der Waals surface area contributed by atoms with Gasteiger partial charge in [-0.25, -0.2) is 0 Å². The third-order valence-electron chi connectivity index (χ3n) is 10.9.